The standard InChI is InChI=1S/C21H24N4O2S/c1-14-20(15(2)25(24-14)13-16-8-6-5-7-9-16)23-21(28)22-18-11-10-17(26-3)12-19(18)27-4/h5-12H,13H2,1-4H3,(H2,22,23,28). The normalized spacial score (nSPS) is 10.4. The first kappa shape index (κ1) is 19.7. The molecule has 1 heterocycles. The molecular formula is C21H24N4O2S. The second-order valence-electron chi connectivity index (χ2n) is 6.33. The number of anilines is 2. The summed E-state index contributed by atoms with van der Waals surface area (Å²) in [4.78, 5) is 0. The van der Waals surface area contributed by atoms with Crippen LogP contribution >= 0.6 is 12.2 Å². The zero-order chi connectivity index (χ0) is 20.1. The topological polar surface area (TPSA) is 60.3 Å². The minimum absolute atomic E-state index is 0.467. The molecule has 0 fully saturated rings. The quantitative estimate of drug-likeness (QED) is 0.603. The van der Waals surface area contributed by atoms with Gasteiger partial charge in [-0.3, -0.25) is 4.68 Å². The van der Waals surface area contributed by atoms with Gasteiger partial charge in [-0.25, -0.2) is 0 Å². The Morgan fingerprint density at radius 3 is 2.46 bits per heavy atom. The zero-order valence-electron chi connectivity index (χ0n) is 16.4. The van der Waals surface area contributed by atoms with E-state index in [0.717, 1.165) is 28.5 Å². The van der Waals surface area contributed by atoms with E-state index in [1.807, 2.05) is 48.9 Å². The van der Waals surface area contributed by atoms with Crippen LogP contribution in [-0.4, -0.2) is 29.1 Å². The number of benzene rings is 2. The summed E-state index contributed by atoms with van der Waals surface area (Å²) in [6, 6.07) is 15.8. The second kappa shape index (κ2) is 8.75. The maximum absolute atomic E-state index is 5.50. The first-order valence-corrected chi connectivity index (χ1v) is 9.30. The van der Waals surface area contributed by atoms with E-state index in [9.17, 15) is 0 Å². The van der Waals surface area contributed by atoms with Crippen LogP contribution < -0.4 is 20.1 Å². The van der Waals surface area contributed by atoms with Crippen LogP contribution in [0.25, 0.3) is 0 Å². The highest BCUT2D eigenvalue weighted by Crippen LogP contribution is 2.29. The average Bonchev–Trinajstić information content (AvgIpc) is 2.96. The highest BCUT2D eigenvalue weighted by atomic mass is 32.1. The molecule has 0 aliphatic carbocycles. The Kier molecular flexibility index (Phi) is 6.16. The van der Waals surface area contributed by atoms with Gasteiger partial charge in [0.15, 0.2) is 5.11 Å². The summed E-state index contributed by atoms with van der Waals surface area (Å²) in [6.45, 7) is 4.71. The van der Waals surface area contributed by atoms with E-state index in [-0.39, 0.29) is 0 Å². The third kappa shape index (κ3) is 4.43. The van der Waals surface area contributed by atoms with Gasteiger partial charge in [0.25, 0.3) is 0 Å². The first-order valence-electron chi connectivity index (χ1n) is 8.89. The minimum atomic E-state index is 0.467. The Hall–Kier alpha value is -3.06. The summed E-state index contributed by atoms with van der Waals surface area (Å²) < 4.78 is 12.6. The number of nitrogens with one attached hydrogen (secondary N) is 2. The van der Waals surface area contributed by atoms with Crippen LogP contribution in [0.1, 0.15) is 17.0 Å². The van der Waals surface area contributed by atoms with Gasteiger partial charge in [-0.15, -0.1) is 0 Å². The fourth-order valence-electron chi connectivity index (χ4n) is 2.96. The van der Waals surface area contributed by atoms with Gasteiger partial charge in [0.1, 0.15) is 11.5 Å². The lowest BCUT2D eigenvalue weighted by Gasteiger charge is -2.14. The highest BCUT2D eigenvalue weighted by Gasteiger charge is 2.14. The van der Waals surface area contributed by atoms with Crippen molar-refractivity contribution in [3.05, 3.63) is 65.5 Å². The molecule has 1 aromatic heterocycles. The average molecular weight is 397 g/mol. The highest BCUT2D eigenvalue weighted by molar-refractivity contribution is 7.80. The lowest BCUT2D eigenvalue weighted by atomic mass is 10.2. The Labute approximate surface area is 170 Å². The van der Waals surface area contributed by atoms with Crippen molar-refractivity contribution in [2.75, 3.05) is 24.9 Å². The predicted molar refractivity (Wildman–Crippen MR) is 117 cm³/mol. The van der Waals surface area contributed by atoms with Crippen LogP contribution in [-0.2, 0) is 6.54 Å². The molecule has 7 heteroatoms. The molecule has 0 spiro atoms. The maximum atomic E-state index is 5.50. The SMILES string of the molecule is COc1ccc(NC(=S)Nc2c(C)nn(Cc3ccccc3)c2C)c(OC)c1. The zero-order valence-corrected chi connectivity index (χ0v) is 17.3. The summed E-state index contributed by atoms with van der Waals surface area (Å²) in [5, 5.41) is 11.6. The van der Waals surface area contributed by atoms with E-state index in [1.165, 1.54) is 5.56 Å². The molecule has 3 rings (SSSR count). The van der Waals surface area contributed by atoms with Crippen molar-refractivity contribution >= 4 is 28.7 Å². The van der Waals surface area contributed by atoms with E-state index in [4.69, 9.17) is 21.7 Å². The molecule has 0 radical (unpaired) electrons. The van der Waals surface area contributed by atoms with Crippen LogP contribution in [0.3, 0.4) is 0 Å². The van der Waals surface area contributed by atoms with Crippen molar-refractivity contribution in [3.63, 3.8) is 0 Å². The van der Waals surface area contributed by atoms with Crippen molar-refractivity contribution in [1.82, 2.24) is 9.78 Å². The minimum Gasteiger partial charge on any atom is -0.497 e. The van der Waals surface area contributed by atoms with E-state index < -0.39 is 0 Å². The largest absolute Gasteiger partial charge is 0.497 e. The van der Waals surface area contributed by atoms with Crippen molar-refractivity contribution in [2.45, 2.75) is 20.4 Å². The number of rotatable bonds is 6. The molecule has 2 N–H and O–H groups in total. The molecule has 0 atom stereocenters. The fraction of sp³-hybridized carbons (Fsp3) is 0.238. The summed E-state index contributed by atoms with van der Waals surface area (Å²) in [6.07, 6.45) is 0. The third-order valence-corrected chi connectivity index (χ3v) is 4.66. The number of hydrogen-bond donors (Lipinski definition) is 2. The number of nitrogens with zero attached hydrogens (tertiary/aromatic N) is 2. The van der Waals surface area contributed by atoms with Crippen LogP contribution in [0.4, 0.5) is 11.4 Å². The molecule has 0 bridgehead atoms. The maximum Gasteiger partial charge on any atom is 0.175 e. The number of aryl methyl sites for hydroxylation is 1. The molecule has 0 amide bonds. The van der Waals surface area contributed by atoms with Crippen LogP contribution in [0.5, 0.6) is 11.5 Å². The molecule has 28 heavy (non-hydrogen) atoms. The molecular weight excluding hydrogens is 372 g/mol. The van der Waals surface area contributed by atoms with Gasteiger partial charge in [-0.1, -0.05) is 30.3 Å². The Balaban J connectivity index is 1.74. The number of hydrogen-bond acceptors (Lipinski definition) is 4. The lowest BCUT2D eigenvalue weighted by Crippen LogP contribution is -2.20. The molecule has 3 aromatic rings. The summed E-state index contributed by atoms with van der Waals surface area (Å²) in [7, 11) is 3.23. The molecule has 0 aliphatic heterocycles. The molecule has 2 aromatic carbocycles. The number of methoxy groups -OCH3 is 2. The summed E-state index contributed by atoms with van der Waals surface area (Å²) in [5.41, 5.74) is 4.77. The number of ether oxygens (including phenoxy) is 2. The smallest absolute Gasteiger partial charge is 0.175 e. The van der Waals surface area contributed by atoms with E-state index in [2.05, 4.69) is 27.9 Å². The number of aromatic nitrogens is 2. The Morgan fingerprint density at radius 2 is 1.79 bits per heavy atom. The van der Waals surface area contributed by atoms with E-state index in [1.54, 1.807) is 20.3 Å². The van der Waals surface area contributed by atoms with Gasteiger partial charge in [-0.05, 0) is 43.8 Å². The van der Waals surface area contributed by atoms with Gasteiger partial charge in [0.2, 0.25) is 0 Å². The van der Waals surface area contributed by atoms with Gasteiger partial charge in [-0.2, -0.15) is 5.10 Å². The molecule has 146 valence electrons. The van der Waals surface area contributed by atoms with Crippen LogP contribution in [0.2, 0.25) is 0 Å². The third-order valence-electron chi connectivity index (χ3n) is 4.45. The van der Waals surface area contributed by atoms with E-state index >= 15 is 0 Å². The second-order valence-corrected chi connectivity index (χ2v) is 6.74. The van der Waals surface area contributed by atoms with Crippen molar-refractivity contribution in [3.8, 4) is 11.5 Å². The fourth-order valence-corrected chi connectivity index (χ4v) is 3.17. The van der Waals surface area contributed by atoms with E-state index in [0.29, 0.717) is 17.4 Å². The Bertz CT molecular complexity index is 970. The Morgan fingerprint density at radius 1 is 1.04 bits per heavy atom. The van der Waals surface area contributed by atoms with Crippen molar-refractivity contribution in [1.29, 1.82) is 0 Å². The van der Waals surface area contributed by atoms with Gasteiger partial charge in [0.05, 0.1) is 43.5 Å². The van der Waals surface area contributed by atoms with Crippen LogP contribution in [0.15, 0.2) is 48.5 Å². The molecule has 0 aliphatic rings. The summed E-state index contributed by atoms with van der Waals surface area (Å²) in [5.74, 6) is 1.37. The van der Waals surface area contributed by atoms with Crippen LogP contribution in [0, 0.1) is 13.8 Å². The molecule has 0 saturated carbocycles. The lowest BCUT2D eigenvalue weighted by molar-refractivity contribution is 0.395. The predicted octanol–water partition coefficient (Wildman–Crippen LogP) is 4.37. The van der Waals surface area contributed by atoms with Gasteiger partial charge >= 0.3 is 0 Å². The molecule has 0 unspecified atom stereocenters. The van der Waals surface area contributed by atoms with Crippen molar-refractivity contribution < 1.29 is 9.47 Å². The molecule has 6 nitrogen and oxygen atoms in total. The van der Waals surface area contributed by atoms with Gasteiger partial charge in [0, 0.05) is 6.07 Å². The molecule has 0 saturated heterocycles. The first-order chi connectivity index (χ1) is 13.5. The monoisotopic (exact) mass is 396 g/mol. The number of thiocarbonyl (C=S) groups is 1. The van der Waals surface area contributed by atoms with Crippen molar-refractivity contribution in [2.24, 2.45) is 0 Å². The summed E-state index contributed by atoms with van der Waals surface area (Å²) >= 11 is 5.50. The van der Waals surface area contributed by atoms with Gasteiger partial charge < -0.3 is 20.1 Å².